The van der Waals surface area contributed by atoms with Crippen molar-refractivity contribution >= 4 is 34.3 Å². The van der Waals surface area contributed by atoms with Crippen LogP contribution in [-0.4, -0.2) is 42.4 Å². The van der Waals surface area contributed by atoms with Gasteiger partial charge in [0, 0.05) is 35.6 Å². The quantitative estimate of drug-likeness (QED) is 0.616. The number of hydrogen-bond acceptors (Lipinski definition) is 4. The van der Waals surface area contributed by atoms with Gasteiger partial charge in [-0.2, -0.15) is 0 Å². The molecule has 2 aromatic carbocycles. The van der Waals surface area contributed by atoms with Gasteiger partial charge in [-0.3, -0.25) is 9.59 Å². The normalized spacial score (nSPS) is 18.0. The second kappa shape index (κ2) is 7.14. The van der Waals surface area contributed by atoms with Crippen LogP contribution in [0.3, 0.4) is 0 Å². The molecule has 0 unspecified atom stereocenters. The van der Waals surface area contributed by atoms with Crippen molar-refractivity contribution in [1.29, 1.82) is 0 Å². The van der Waals surface area contributed by atoms with Crippen LogP contribution in [0.1, 0.15) is 40.0 Å². The Bertz CT molecular complexity index is 903. The monoisotopic (exact) mass is 477 g/mol. The predicted octanol–water partition coefficient (Wildman–Crippen LogP) is 3.94. The minimum absolute atomic E-state index is 0.0408. The maximum Gasteiger partial charge on any atom is 0.254 e. The van der Waals surface area contributed by atoms with Gasteiger partial charge >= 0.3 is 0 Å². The van der Waals surface area contributed by atoms with Crippen LogP contribution in [-0.2, 0) is 0 Å². The van der Waals surface area contributed by atoms with E-state index in [0.29, 0.717) is 49.4 Å². The summed E-state index contributed by atoms with van der Waals surface area (Å²) >= 11 is 2.19. The molecule has 0 N–H and O–H groups in total. The first kappa shape index (κ1) is 18.3. The highest BCUT2D eigenvalue weighted by atomic mass is 127. The third-order valence-corrected chi connectivity index (χ3v) is 6.31. The van der Waals surface area contributed by atoms with Gasteiger partial charge in [-0.15, -0.1) is 0 Å². The fourth-order valence-electron chi connectivity index (χ4n) is 3.80. The Morgan fingerprint density at radius 2 is 1.93 bits per heavy atom. The van der Waals surface area contributed by atoms with E-state index in [4.69, 9.17) is 9.47 Å². The van der Waals surface area contributed by atoms with Crippen molar-refractivity contribution < 1.29 is 19.1 Å². The molecule has 4 rings (SSSR count). The molecule has 2 aliphatic heterocycles. The zero-order chi connectivity index (χ0) is 19.0. The van der Waals surface area contributed by atoms with Crippen molar-refractivity contribution in [2.24, 2.45) is 0 Å². The Labute approximate surface area is 171 Å². The first-order chi connectivity index (χ1) is 13.0. The number of benzene rings is 2. The zero-order valence-electron chi connectivity index (χ0n) is 15.0. The molecule has 1 fully saturated rings. The van der Waals surface area contributed by atoms with E-state index in [1.165, 1.54) is 0 Å². The minimum atomic E-state index is -0.531. The summed E-state index contributed by atoms with van der Waals surface area (Å²) in [6, 6.07) is 12.9. The van der Waals surface area contributed by atoms with Crippen molar-refractivity contribution in [2.75, 3.05) is 20.2 Å². The topological polar surface area (TPSA) is 55.8 Å². The standard InChI is InChI=1S/C21H20INO4/c1-26-14-6-7-16-18(24)13-21(27-19(16)12-14)8-10-23(11-9-21)20(25)15-4-2-3-5-17(15)22/h2-7,12H,8-11,13H2,1H3. The Morgan fingerprint density at radius 3 is 2.63 bits per heavy atom. The molecular weight excluding hydrogens is 457 g/mol. The number of rotatable bonds is 2. The number of nitrogens with zero attached hydrogens (tertiary/aromatic N) is 1. The summed E-state index contributed by atoms with van der Waals surface area (Å²) in [7, 11) is 1.59. The number of Topliss-reactive ketones (excluding diaryl/α,β-unsaturated/α-hetero) is 1. The van der Waals surface area contributed by atoms with Gasteiger partial charge in [0.15, 0.2) is 5.78 Å². The highest BCUT2D eigenvalue weighted by molar-refractivity contribution is 14.1. The van der Waals surface area contributed by atoms with Gasteiger partial charge < -0.3 is 14.4 Å². The van der Waals surface area contributed by atoms with Crippen LogP contribution in [0.15, 0.2) is 42.5 Å². The molecule has 0 radical (unpaired) electrons. The van der Waals surface area contributed by atoms with E-state index in [1.54, 1.807) is 25.3 Å². The number of ether oxygens (including phenoxy) is 2. The van der Waals surface area contributed by atoms with E-state index in [0.717, 1.165) is 9.13 Å². The molecule has 6 heteroatoms. The molecule has 27 heavy (non-hydrogen) atoms. The van der Waals surface area contributed by atoms with Gasteiger partial charge in [-0.25, -0.2) is 0 Å². The van der Waals surface area contributed by atoms with Crippen molar-refractivity contribution in [2.45, 2.75) is 24.9 Å². The van der Waals surface area contributed by atoms with E-state index < -0.39 is 5.60 Å². The predicted molar refractivity (Wildman–Crippen MR) is 110 cm³/mol. The van der Waals surface area contributed by atoms with E-state index in [-0.39, 0.29) is 11.7 Å². The molecule has 140 valence electrons. The van der Waals surface area contributed by atoms with E-state index in [9.17, 15) is 9.59 Å². The summed E-state index contributed by atoms with van der Waals surface area (Å²) in [6.45, 7) is 1.16. The van der Waals surface area contributed by atoms with Crippen LogP contribution in [0.25, 0.3) is 0 Å². The van der Waals surface area contributed by atoms with E-state index in [1.807, 2.05) is 29.2 Å². The largest absolute Gasteiger partial charge is 0.497 e. The number of carbonyl (C=O) groups excluding carboxylic acids is 2. The third-order valence-electron chi connectivity index (χ3n) is 5.36. The maximum absolute atomic E-state index is 12.8. The lowest BCUT2D eigenvalue weighted by molar-refractivity contribution is -0.00583. The van der Waals surface area contributed by atoms with Crippen LogP contribution >= 0.6 is 22.6 Å². The fraction of sp³-hybridized carbons (Fsp3) is 0.333. The van der Waals surface area contributed by atoms with Gasteiger partial charge in [0.1, 0.15) is 17.1 Å². The van der Waals surface area contributed by atoms with Crippen molar-refractivity contribution in [3.63, 3.8) is 0 Å². The molecule has 0 aliphatic carbocycles. The van der Waals surface area contributed by atoms with Gasteiger partial charge in [0.2, 0.25) is 0 Å². The van der Waals surface area contributed by atoms with Gasteiger partial charge in [-0.05, 0) is 46.9 Å². The molecule has 0 bridgehead atoms. The number of hydrogen-bond donors (Lipinski definition) is 0. The summed E-state index contributed by atoms with van der Waals surface area (Å²) < 4.78 is 12.5. The van der Waals surface area contributed by atoms with Crippen LogP contribution in [0.4, 0.5) is 0 Å². The summed E-state index contributed by atoms with van der Waals surface area (Å²) in [5, 5.41) is 0. The van der Waals surface area contributed by atoms with Crippen LogP contribution in [0.5, 0.6) is 11.5 Å². The van der Waals surface area contributed by atoms with E-state index in [2.05, 4.69) is 22.6 Å². The van der Waals surface area contributed by atoms with Crippen molar-refractivity contribution in [1.82, 2.24) is 4.90 Å². The average Bonchev–Trinajstić information content (AvgIpc) is 2.68. The molecule has 1 amide bonds. The van der Waals surface area contributed by atoms with Gasteiger partial charge in [0.25, 0.3) is 5.91 Å². The molecule has 2 aromatic rings. The lowest BCUT2D eigenvalue weighted by Gasteiger charge is -2.44. The average molecular weight is 477 g/mol. The molecule has 0 saturated carbocycles. The second-order valence-corrected chi connectivity index (χ2v) is 8.18. The minimum Gasteiger partial charge on any atom is -0.497 e. The van der Waals surface area contributed by atoms with Gasteiger partial charge in [-0.1, -0.05) is 12.1 Å². The lowest BCUT2D eigenvalue weighted by atomic mass is 9.82. The Hall–Kier alpha value is -2.09. The fourth-order valence-corrected chi connectivity index (χ4v) is 4.42. The molecule has 0 aromatic heterocycles. The zero-order valence-corrected chi connectivity index (χ0v) is 17.2. The highest BCUT2D eigenvalue weighted by Gasteiger charge is 2.44. The molecule has 1 spiro atoms. The van der Waals surface area contributed by atoms with E-state index >= 15 is 0 Å². The van der Waals surface area contributed by atoms with Crippen molar-refractivity contribution in [3.8, 4) is 11.5 Å². The molecule has 0 atom stereocenters. The number of fused-ring (bicyclic) bond motifs is 1. The molecule has 1 saturated heterocycles. The number of halogens is 1. The number of ketones is 1. The number of piperidine rings is 1. The third kappa shape index (κ3) is 3.42. The maximum atomic E-state index is 12.8. The number of likely N-dealkylation sites (tertiary alicyclic amines) is 1. The first-order valence-corrected chi connectivity index (χ1v) is 10.0. The molecule has 5 nitrogen and oxygen atoms in total. The lowest BCUT2D eigenvalue weighted by Crippen LogP contribution is -2.52. The number of amides is 1. The van der Waals surface area contributed by atoms with Crippen LogP contribution in [0, 0.1) is 3.57 Å². The van der Waals surface area contributed by atoms with Crippen LogP contribution < -0.4 is 9.47 Å². The Balaban J connectivity index is 1.51. The van der Waals surface area contributed by atoms with Gasteiger partial charge in [0.05, 0.1) is 24.7 Å². The summed E-state index contributed by atoms with van der Waals surface area (Å²) in [6.07, 6.45) is 1.65. The number of methoxy groups -OCH3 is 1. The Kier molecular flexibility index (Phi) is 4.84. The summed E-state index contributed by atoms with van der Waals surface area (Å²) in [5.41, 5.74) is 0.806. The summed E-state index contributed by atoms with van der Waals surface area (Å²) in [4.78, 5) is 27.3. The molecule has 2 aliphatic rings. The highest BCUT2D eigenvalue weighted by Crippen LogP contribution is 2.41. The van der Waals surface area contributed by atoms with Crippen LogP contribution in [0.2, 0.25) is 0 Å². The SMILES string of the molecule is COc1ccc2c(c1)OC1(CCN(C(=O)c3ccccc3I)CC1)CC2=O. The first-order valence-electron chi connectivity index (χ1n) is 8.95. The second-order valence-electron chi connectivity index (χ2n) is 7.02. The summed E-state index contributed by atoms with van der Waals surface area (Å²) in [5.74, 6) is 1.39. The number of carbonyl (C=O) groups is 2. The Morgan fingerprint density at radius 1 is 1.19 bits per heavy atom. The smallest absolute Gasteiger partial charge is 0.254 e. The molecule has 2 heterocycles. The molecular formula is C21H20INO4. The van der Waals surface area contributed by atoms with Crippen molar-refractivity contribution in [3.05, 3.63) is 57.2 Å².